The predicted octanol–water partition coefficient (Wildman–Crippen LogP) is 4.89. The summed E-state index contributed by atoms with van der Waals surface area (Å²) in [6.45, 7) is 0.537. The van der Waals surface area contributed by atoms with Gasteiger partial charge in [-0.05, 0) is 47.5 Å². The first-order chi connectivity index (χ1) is 15.1. The van der Waals surface area contributed by atoms with E-state index in [9.17, 15) is 9.59 Å². The first-order valence-corrected chi connectivity index (χ1v) is 10.1. The zero-order valence-corrected chi connectivity index (χ0v) is 17.3. The summed E-state index contributed by atoms with van der Waals surface area (Å²) in [6.07, 6.45) is 3.74. The van der Waals surface area contributed by atoms with Crippen LogP contribution in [0.5, 0.6) is 5.75 Å². The van der Waals surface area contributed by atoms with E-state index in [1.807, 2.05) is 72.8 Å². The van der Waals surface area contributed by atoms with Gasteiger partial charge in [0.2, 0.25) is 0 Å². The largest absolute Gasteiger partial charge is 0.497 e. The molecule has 0 aliphatic carbocycles. The number of likely N-dealkylation sites (tertiary alicyclic amines) is 1. The minimum Gasteiger partial charge on any atom is -0.497 e. The highest BCUT2D eigenvalue weighted by Gasteiger charge is 2.29. The topological polar surface area (TPSA) is 46.6 Å². The van der Waals surface area contributed by atoms with Crippen LogP contribution in [0.1, 0.15) is 21.5 Å². The summed E-state index contributed by atoms with van der Waals surface area (Å²) in [5.41, 5.74) is 3.63. The summed E-state index contributed by atoms with van der Waals surface area (Å²) in [5, 5.41) is 0. The predicted molar refractivity (Wildman–Crippen MR) is 123 cm³/mol. The molecule has 1 saturated heterocycles. The van der Waals surface area contributed by atoms with Crippen LogP contribution in [-0.2, 0) is 4.79 Å². The number of ketones is 1. The number of hydrogen-bond acceptors (Lipinski definition) is 3. The Morgan fingerprint density at radius 3 is 1.71 bits per heavy atom. The number of nitrogens with zero attached hydrogens (tertiary/aromatic N) is 1. The Balaban J connectivity index is 1.69. The molecule has 4 nitrogen and oxygen atoms in total. The number of carbonyl (C=O) groups excluding carboxylic acids is 2. The second-order valence-electron chi connectivity index (χ2n) is 7.38. The highest BCUT2D eigenvalue weighted by molar-refractivity contribution is 6.15. The average Bonchev–Trinajstić information content (AvgIpc) is 2.82. The van der Waals surface area contributed by atoms with Crippen LogP contribution in [0, 0.1) is 0 Å². The maximum absolute atomic E-state index is 13.2. The van der Waals surface area contributed by atoms with Crippen molar-refractivity contribution in [2.45, 2.75) is 0 Å². The smallest absolute Gasteiger partial charge is 0.254 e. The van der Waals surface area contributed by atoms with E-state index in [1.165, 1.54) is 0 Å². The summed E-state index contributed by atoms with van der Waals surface area (Å²) in [6, 6.07) is 26.4. The number of piperidine rings is 1. The standard InChI is InChI=1S/C27H23NO3/c1-31-25-14-12-22(13-15-25)27(30)28-18-23(16-20-8-4-2-5-9-20)26(29)24(19-28)17-21-10-6-3-7-11-21/h2-17H,18-19H2,1H3/b23-16+,24-17+. The van der Waals surface area contributed by atoms with Gasteiger partial charge in [0.15, 0.2) is 5.78 Å². The molecular weight excluding hydrogens is 386 g/mol. The van der Waals surface area contributed by atoms with Crippen molar-refractivity contribution >= 4 is 23.8 Å². The minimum atomic E-state index is -0.118. The van der Waals surface area contributed by atoms with Crippen LogP contribution in [0.25, 0.3) is 12.2 Å². The Labute approximate surface area is 182 Å². The molecule has 3 aromatic carbocycles. The van der Waals surface area contributed by atoms with E-state index >= 15 is 0 Å². The lowest BCUT2D eigenvalue weighted by Gasteiger charge is -2.30. The van der Waals surface area contributed by atoms with Crippen molar-refractivity contribution in [3.63, 3.8) is 0 Å². The molecule has 0 bridgehead atoms. The molecule has 1 amide bonds. The summed E-state index contributed by atoms with van der Waals surface area (Å²) < 4.78 is 5.19. The van der Waals surface area contributed by atoms with Gasteiger partial charge in [-0.3, -0.25) is 9.59 Å². The van der Waals surface area contributed by atoms with Gasteiger partial charge in [-0.1, -0.05) is 60.7 Å². The molecule has 1 heterocycles. The van der Waals surface area contributed by atoms with Crippen molar-refractivity contribution in [1.82, 2.24) is 4.90 Å². The van der Waals surface area contributed by atoms with E-state index in [4.69, 9.17) is 4.74 Å². The zero-order chi connectivity index (χ0) is 21.6. The summed E-state index contributed by atoms with van der Waals surface area (Å²) in [7, 11) is 1.59. The van der Waals surface area contributed by atoms with E-state index in [1.54, 1.807) is 36.3 Å². The van der Waals surface area contributed by atoms with E-state index in [0.29, 0.717) is 22.5 Å². The van der Waals surface area contributed by atoms with Crippen LogP contribution in [0.4, 0.5) is 0 Å². The van der Waals surface area contributed by atoms with Crippen molar-refractivity contribution in [3.05, 3.63) is 113 Å². The lowest BCUT2D eigenvalue weighted by Crippen LogP contribution is -2.41. The number of methoxy groups -OCH3 is 1. The number of Topliss-reactive ketones (excluding diaryl/α,β-unsaturated/α-hetero) is 1. The molecule has 31 heavy (non-hydrogen) atoms. The molecule has 1 aliphatic rings. The minimum absolute atomic E-state index is 0.0218. The first kappa shape index (κ1) is 20.4. The third-order valence-corrected chi connectivity index (χ3v) is 5.21. The number of amides is 1. The van der Waals surface area contributed by atoms with Gasteiger partial charge in [-0.2, -0.15) is 0 Å². The molecule has 1 fully saturated rings. The number of benzene rings is 3. The maximum Gasteiger partial charge on any atom is 0.254 e. The zero-order valence-electron chi connectivity index (χ0n) is 17.3. The Kier molecular flexibility index (Phi) is 6.08. The molecule has 4 heteroatoms. The van der Waals surface area contributed by atoms with E-state index < -0.39 is 0 Å². The number of carbonyl (C=O) groups is 2. The van der Waals surface area contributed by atoms with Crippen LogP contribution in [0.2, 0.25) is 0 Å². The van der Waals surface area contributed by atoms with Crippen LogP contribution in [0.3, 0.4) is 0 Å². The fourth-order valence-corrected chi connectivity index (χ4v) is 3.60. The van der Waals surface area contributed by atoms with Gasteiger partial charge < -0.3 is 9.64 Å². The second kappa shape index (κ2) is 9.26. The van der Waals surface area contributed by atoms with Gasteiger partial charge in [0, 0.05) is 16.7 Å². The fraction of sp³-hybridized carbons (Fsp3) is 0.111. The molecule has 0 radical (unpaired) electrons. The lowest BCUT2D eigenvalue weighted by molar-refractivity contribution is -0.113. The molecular formula is C27H23NO3. The first-order valence-electron chi connectivity index (χ1n) is 10.1. The lowest BCUT2D eigenvalue weighted by atomic mass is 9.93. The van der Waals surface area contributed by atoms with E-state index in [0.717, 1.165) is 11.1 Å². The molecule has 0 atom stereocenters. The van der Waals surface area contributed by atoms with Gasteiger partial charge in [-0.25, -0.2) is 0 Å². The van der Waals surface area contributed by atoms with Crippen molar-refractivity contribution < 1.29 is 14.3 Å². The van der Waals surface area contributed by atoms with Crippen LogP contribution in [-0.4, -0.2) is 36.8 Å². The molecule has 0 N–H and O–H groups in total. The third kappa shape index (κ3) is 4.81. The highest BCUT2D eigenvalue weighted by atomic mass is 16.5. The number of hydrogen-bond donors (Lipinski definition) is 0. The van der Waals surface area contributed by atoms with Crippen LogP contribution >= 0.6 is 0 Å². The summed E-state index contributed by atoms with van der Waals surface area (Å²) in [4.78, 5) is 28.2. The Morgan fingerprint density at radius 2 is 1.26 bits per heavy atom. The maximum atomic E-state index is 13.2. The summed E-state index contributed by atoms with van der Waals surface area (Å²) >= 11 is 0. The third-order valence-electron chi connectivity index (χ3n) is 5.21. The van der Waals surface area contributed by atoms with Gasteiger partial charge in [-0.15, -0.1) is 0 Å². The van der Waals surface area contributed by atoms with Gasteiger partial charge in [0.05, 0.1) is 20.2 Å². The molecule has 0 saturated carbocycles. The molecule has 0 spiro atoms. The van der Waals surface area contributed by atoms with Gasteiger partial charge >= 0.3 is 0 Å². The quantitative estimate of drug-likeness (QED) is 0.577. The Bertz CT molecular complexity index is 1070. The van der Waals surface area contributed by atoms with E-state index in [2.05, 4.69) is 0 Å². The molecule has 4 rings (SSSR count). The molecule has 0 unspecified atom stereocenters. The second-order valence-corrected chi connectivity index (χ2v) is 7.38. The molecule has 0 aromatic heterocycles. The van der Waals surface area contributed by atoms with Gasteiger partial charge in [0.1, 0.15) is 5.75 Å². The Hall–Kier alpha value is -3.92. The van der Waals surface area contributed by atoms with E-state index in [-0.39, 0.29) is 24.8 Å². The van der Waals surface area contributed by atoms with Crippen LogP contribution in [0.15, 0.2) is 96.1 Å². The Morgan fingerprint density at radius 1 is 0.774 bits per heavy atom. The van der Waals surface area contributed by atoms with Crippen molar-refractivity contribution in [1.29, 1.82) is 0 Å². The van der Waals surface area contributed by atoms with Gasteiger partial charge in [0.25, 0.3) is 5.91 Å². The van der Waals surface area contributed by atoms with Crippen molar-refractivity contribution in [2.75, 3.05) is 20.2 Å². The average molecular weight is 409 g/mol. The SMILES string of the molecule is COc1ccc(C(=O)N2C/C(=C\c3ccccc3)C(=O)/C(=C/c3ccccc3)C2)cc1. The van der Waals surface area contributed by atoms with Crippen LogP contribution < -0.4 is 4.74 Å². The monoisotopic (exact) mass is 409 g/mol. The fourth-order valence-electron chi connectivity index (χ4n) is 3.60. The van der Waals surface area contributed by atoms with Crippen molar-refractivity contribution in [3.8, 4) is 5.75 Å². The summed E-state index contributed by atoms with van der Waals surface area (Å²) in [5.74, 6) is 0.555. The number of ether oxygens (including phenoxy) is 1. The normalized spacial score (nSPS) is 16.5. The highest BCUT2D eigenvalue weighted by Crippen LogP contribution is 2.24. The molecule has 1 aliphatic heterocycles. The van der Waals surface area contributed by atoms with Crippen molar-refractivity contribution in [2.24, 2.45) is 0 Å². The number of rotatable bonds is 4. The molecule has 3 aromatic rings. The molecule has 154 valence electrons.